The molecule has 0 saturated carbocycles. The van der Waals surface area contributed by atoms with E-state index in [4.69, 9.17) is 0 Å². The largest absolute Gasteiger partial charge is 0.306 e. The van der Waals surface area contributed by atoms with Crippen LogP contribution in [0, 0.1) is 0 Å². The first-order valence-electron chi connectivity index (χ1n) is 5.94. The first-order chi connectivity index (χ1) is 8.15. The Bertz CT molecular complexity index is 405. The van der Waals surface area contributed by atoms with Gasteiger partial charge in [0.1, 0.15) is 0 Å². The third-order valence-electron chi connectivity index (χ3n) is 3.65. The molecule has 0 bridgehead atoms. The van der Waals surface area contributed by atoms with Crippen LogP contribution in [-0.4, -0.2) is 24.7 Å². The van der Waals surface area contributed by atoms with Crippen molar-refractivity contribution in [1.29, 1.82) is 0 Å². The SMILES string of the molecule is CC1(c2ccccc2)CCC(C(=O)C=O)NC1. The normalized spacial score (nSPS) is 28.6. The molecule has 1 aliphatic heterocycles. The van der Waals surface area contributed by atoms with Crippen molar-refractivity contribution in [3.63, 3.8) is 0 Å². The van der Waals surface area contributed by atoms with Gasteiger partial charge >= 0.3 is 0 Å². The third kappa shape index (κ3) is 2.44. The summed E-state index contributed by atoms with van der Waals surface area (Å²) in [4.78, 5) is 21.7. The molecular formula is C14H17NO2. The van der Waals surface area contributed by atoms with Gasteiger partial charge in [-0.15, -0.1) is 0 Å². The number of carbonyl (C=O) groups is 2. The number of Topliss-reactive ketones (excluding diaryl/α,β-unsaturated/α-hetero) is 1. The van der Waals surface area contributed by atoms with E-state index >= 15 is 0 Å². The van der Waals surface area contributed by atoms with Gasteiger partial charge in [0.25, 0.3) is 0 Å². The molecule has 1 aliphatic rings. The Balaban J connectivity index is 2.08. The van der Waals surface area contributed by atoms with Crippen molar-refractivity contribution in [2.24, 2.45) is 0 Å². The maximum Gasteiger partial charge on any atom is 0.212 e. The lowest BCUT2D eigenvalue weighted by molar-refractivity contribution is -0.131. The summed E-state index contributed by atoms with van der Waals surface area (Å²) in [5.74, 6) is -0.333. The second kappa shape index (κ2) is 4.80. The molecule has 2 atom stereocenters. The van der Waals surface area contributed by atoms with E-state index in [0.29, 0.717) is 6.29 Å². The zero-order valence-electron chi connectivity index (χ0n) is 9.98. The molecule has 0 amide bonds. The minimum Gasteiger partial charge on any atom is -0.306 e. The Hall–Kier alpha value is -1.48. The van der Waals surface area contributed by atoms with Gasteiger partial charge < -0.3 is 5.32 Å². The van der Waals surface area contributed by atoms with Gasteiger partial charge in [0, 0.05) is 12.0 Å². The van der Waals surface area contributed by atoms with Crippen LogP contribution in [0.5, 0.6) is 0 Å². The summed E-state index contributed by atoms with van der Waals surface area (Å²) in [6.45, 7) is 2.93. The fraction of sp³-hybridized carbons (Fsp3) is 0.429. The standard InChI is InChI=1S/C14H17NO2/c1-14(11-5-3-2-4-6-11)8-7-12(15-10-14)13(17)9-16/h2-6,9,12,15H,7-8,10H2,1H3. The Morgan fingerprint density at radius 2 is 2.12 bits per heavy atom. The van der Waals surface area contributed by atoms with Crippen LogP contribution >= 0.6 is 0 Å². The van der Waals surface area contributed by atoms with E-state index in [1.165, 1.54) is 5.56 Å². The lowest BCUT2D eigenvalue weighted by Gasteiger charge is -2.37. The van der Waals surface area contributed by atoms with Gasteiger partial charge in [-0.1, -0.05) is 37.3 Å². The molecule has 0 radical (unpaired) electrons. The topological polar surface area (TPSA) is 46.2 Å². The Morgan fingerprint density at radius 1 is 1.41 bits per heavy atom. The maximum atomic E-state index is 11.3. The second-order valence-electron chi connectivity index (χ2n) is 4.92. The lowest BCUT2D eigenvalue weighted by atomic mass is 9.74. The van der Waals surface area contributed by atoms with E-state index in [1.54, 1.807) is 0 Å². The highest BCUT2D eigenvalue weighted by Gasteiger charge is 2.34. The van der Waals surface area contributed by atoms with Crippen molar-refractivity contribution < 1.29 is 9.59 Å². The summed E-state index contributed by atoms with van der Waals surface area (Å²) in [5.41, 5.74) is 1.34. The van der Waals surface area contributed by atoms with Crippen LogP contribution in [0.15, 0.2) is 30.3 Å². The van der Waals surface area contributed by atoms with Crippen molar-refractivity contribution in [1.82, 2.24) is 5.32 Å². The molecule has 0 aromatic heterocycles. The lowest BCUT2D eigenvalue weighted by Crippen LogP contribution is -2.50. The van der Waals surface area contributed by atoms with Crippen LogP contribution in [0.3, 0.4) is 0 Å². The molecule has 2 unspecified atom stereocenters. The van der Waals surface area contributed by atoms with E-state index in [0.717, 1.165) is 19.4 Å². The van der Waals surface area contributed by atoms with Gasteiger partial charge in [0.05, 0.1) is 6.04 Å². The number of ketones is 1. The summed E-state index contributed by atoms with van der Waals surface area (Å²) >= 11 is 0. The molecule has 0 spiro atoms. The summed E-state index contributed by atoms with van der Waals surface area (Å²) in [5, 5.41) is 3.18. The van der Waals surface area contributed by atoms with Crippen molar-refractivity contribution in [2.45, 2.75) is 31.2 Å². The van der Waals surface area contributed by atoms with Gasteiger partial charge in [-0.3, -0.25) is 9.59 Å². The van der Waals surface area contributed by atoms with Gasteiger partial charge in [0.15, 0.2) is 6.29 Å². The van der Waals surface area contributed by atoms with Crippen LogP contribution in [0.2, 0.25) is 0 Å². The maximum absolute atomic E-state index is 11.3. The minimum absolute atomic E-state index is 0.0565. The average Bonchev–Trinajstić information content (AvgIpc) is 2.40. The van der Waals surface area contributed by atoms with E-state index in [2.05, 4.69) is 24.4 Å². The number of carbonyl (C=O) groups excluding carboxylic acids is 2. The number of rotatable bonds is 3. The Labute approximate surface area is 101 Å². The molecule has 1 saturated heterocycles. The summed E-state index contributed by atoms with van der Waals surface area (Å²) < 4.78 is 0. The Morgan fingerprint density at radius 3 is 2.65 bits per heavy atom. The molecule has 90 valence electrons. The van der Waals surface area contributed by atoms with E-state index < -0.39 is 0 Å². The number of aldehydes is 1. The van der Waals surface area contributed by atoms with Crippen molar-refractivity contribution in [3.8, 4) is 0 Å². The molecule has 3 heteroatoms. The monoisotopic (exact) mass is 231 g/mol. The van der Waals surface area contributed by atoms with Crippen LogP contribution in [0.4, 0.5) is 0 Å². The van der Waals surface area contributed by atoms with Crippen molar-refractivity contribution in [2.75, 3.05) is 6.54 Å². The number of hydrogen-bond acceptors (Lipinski definition) is 3. The molecule has 1 fully saturated rings. The molecule has 3 nitrogen and oxygen atoms in total. The summed E-state index contributed by atoms with van der Waals surface area (Å²) in [6, 6.07) is 10.0. The molecule has 0 aliphatic carbocycles. The first kappa shape index (κ1) is 12.0. The van der Waals surface area contributed by atoms with Gasteiger partial charge in [-0.05, 0) is 18.4 Å². The Kier molecular flexibility index (Phi) is 3.38. The predicted octanol–water partition coefficient (Wildman–Crippen LogP) is 1.46. The van der Waals surface area contributed by atoms with Crippen molar-refractivity contribution in [3.05, 3.63) is 35.9 Å². The number of benzene rings is 1. The fourth-order valence-corrected chi connectivity index (χ4v) is 2.41. The predicted molar refractivity (Wildman–Crippen MR) is 65.9 cm³/mol. The van der Waals surface area contributed by atoms with Gasteiger partial charge in [-0.2, -0.15) is 0 Å². The average molecular weight is 231 g/mol. The number of hydrogen-bond donors (Lipinski definition) is 1. The first-order valence-corrected chi connectivity index (χ1v) is 5.94. The summed E-state index contributed by atoms with van der Waals surface area (Å²) in [7, 11) is 0. The third-order valence-corrected chi connectivity index (χ3v) is 3.65. The quantitative estimate of drug-likeness (QED) is 0.633. The highest BCUT2D eigenvalue weighted by Crippen LogP contribution is 2.31. The fourth-order valence-electron chi connectivity index (χ4n) is 2.41. The molecule has 2 rings (SSSR count). The number of piperidine rings is 1. The smallest absolute Gasteiger partial charge is 0.212 e. The number of nitrogens with one attached hydrogen (secondary N) is 1. The molecule has 1 aromatic rings. The summed E-state index contributed by atoms with van der Waals surface area (Å²) in [6.07, 6.45) is 2.07. The molecular weight excluding hydrogens is 214 g/mol. The van der Waals surface area contributed by atoms with Crippen LogP contribution in [0.25, 0.3) is 0 Å². The zero-order valence-corrected chi connectivity index (χ0v) is 9.98. The molecule has 1 aromatic carbocycles. The van der Waals surface area contributed by atoms with Crippen molar-refractivity contribution >= 4 is 12.1 Å². The minimum atomic E-state index is -0.333. The van der Waals surface area contributed by atoms with E-state index in [-0.39, 0.29) is 17.2 Å². The highest BCUT2D eigenvalue weighted by atomic mass is 16.2. The van der Waals surface area contributed by atoms with E-state index in [9.17, 15) is 9.59 Å². The van der Waals surface area contributed by atoms with Crippen LogP contribution in [-0.2, 0) is 15.0 Å². The van der Waals surface area contributed by atoms with E-state index in [1.807, 2.05) is 18.2 Å². The molecule has 1 heterocycles. The molecule has 17 heavy (non-hydrogen) atoms. The second-order valence-corrected chi connectivity index (χ2v) is 4.92. The highest BCUT2D eigenvalue weighted by molar-refractivity contribution is 6.27. The van der Waals surface area contributed by atoms with Crippen LogP contribution < -0.4 is 5.32 Å². The molecule has 1 N–H and O–H groups in total. The zero-order chi connectivity index (χ0) is 12.3. The van der Waals surface area contributed by atoms with Crippen LogP contribution in [0.1, 0.15) is 25.3 Å². The van der Waals surface area contributed by atoms with Gasteiger partial charge in [-0.25, -0.2) is 0 Å². The van der Waals surface area contributed by atoms with Gasteiger partial charge in [0.2, 0.25) is 5.78 Å².